The topological polar surface area (TPSA) is 16.4 Å². The minimum absolute atomic E-state index is 0.106. The fourth-order valence-electron chi connectivity index (χ4n) is 9.28. The van der Waals surface area contributed by atoms with Crippen LogP contribution < -0.4 is 4.90 Å². The normalized spacial score (nSPS) is 12.9. The molecule has 1 aromatic heterocycles. The van der Waals surface area contributed by atoms with Crippen molar-refractivity contribution in [1.82, 2.24) is 0 Å². The van der Waals surface area contributed by atoms with Crippen molar-refractivity contribution in [3.05, 3.63) is 211 Å². The zero-order valence-electron chi connectivity index (χ0n) is 31.9. The number of benzene rings is 9. The lowest BCUT2D eigenvalue weighted by atomic mass is 9.82. The van der Waals surface area contributed by atoms with Gasteiger partial charge in [-0.1, -0.05) is 172 Å². The van der Waals surface area contributed by atoms with Crippen LogP contribution in [0.2, 0.25) is 0 Å². The molecule has 0 fully saturated rings. The van der Waals surface area contributed by atoms with Gasteiger partial charge < -0.3 is 9.32 Å². The summed E-state index contributed by atoms with van der Waals surface area (Å²) in [5.41, 5.74) is 17.6. The maximum atomic E-state index is 6.26. The molecule has 0 unspecified atom stereocenters. The van der Waals surface area contributed by atoms with Crippen LogP contribution in [0.3, 0.4) is 0 Å². The molecule has 10 aromatic rings. The summed E-state index contributed by atoms with van der Waals surface area (Å²) in [6.45, 7) is 4.70. The highest BCUT2D eigenvalue weighted by atomic mass is 16.3. The third-order valence-corrected chi connectivity index (χ3v) is 12.1. The highest BCUT2D eigenvalue weighted by Crippen LogP contribution is 2.54. The SMILES string of the molecule is CC1(C)c2ccccc2-c2c(N(c3ccc(-c4ccc(-c5cccc6ccccc56)cc4)cc3)c3ccc(-c4cccc5oc6ccccc6c45)cc3)cccc21. The molecular formula is C55H39NO. The van der Waals surface area contributed by atoms with Crippen LogP contribution >= 0.6 is 0 Å². The van der Waals surface area contributed by atoms with Crippen LogP contribution in [0.1, 0.15) is 25.0 Å². The van der Waals surface area contributed by atoms with Crippen molar-refractivity contribution < 1.29 is 4.42 Å². The average Bonchev–Trinajstić information content (AvgIpc) is 3.77. The van der Waals surface area contributed by atoms with Gasteiger partial charge in [0.25, 0.3) is 0 Å². The van der Waals surface area contributed by atoms with Gasteiger partial charge in [0.2, 0.25) is 0 Å². The first-order chi connectivity index (χ1) is 28.0. The molecule has 1 heterocycles. The molecule has 0 saturated heterocycles. The monoisotopic (exact) mass is 729 g/mol. The number of furan rings is 1. The summed E-state index contributed by atoms with van der Waals surface area (Å²) in [5.74, 6) is 0. The van der Waals surface area contributed by atoms with Crippen LogP contribution in [0.5, 0.6) is 0 Å². The fraction of sp³-hybridized carbons (Fsp3) is 0.0545. The lowest BCUT2D eigenvalue weighted by Gasteiger charge is -2.29. The zero-order valence-corrected chi connectivity index (χ0v) is 31.9. The van der Waals surface area contributed by atoms with Crippen LogP contribution in [0, 0.1) is 0 Å². The van der Waals surface area contributed by atoms with Crippen molar-refractivity contribution in [2.45, 2.75) is 19.3 Å². The predicted molar refractivity (Wildman–Crippen MR) is 240 cm³/mol. The van der Waals surface area contributed by atoms with Gasteiger partial charge in [0.15, 0.2) is 0 Å². The smallest absolute Gasteiger partial charge is 0.136 e. The molecule has 1 aliphatic rings. The van der Waals surface area contributed by atoms with Gasteiger partial charge in [-0.05, 0) is 103 Å². The second-order valence-corrected chi connectivity index (χ2v) is 15.7. The van der Waals surface area contributed by atoms with Gasteiger partial charge in [-0.15, -0.1) is 0 Å². The molecule has 1 aliphatic carbocycles. The fourth-order valence-corrected chi connectivity index (χ4v) is 9.28. The van der Waals surface area contributed by atoms with Gasteiger partial charge in [0.05, 0.1) is 5.69 Å². The third-order valence-electron chi connectivity index (χ3n) is 12.1. The van der Waals surface area contributed by atoms with Crippen molar-refractivity contribution in [2.24, 2.45) is 0 Å². The second-order valence-electron chi connectivity index (χ2n) is 15.7. The van der Waals surface area contributed by atoms with E-state index in [1.54, 1.807) is 0 Å². The Morgan fingerprint density at radius 1 is 0.386 bits per heavy atom. The molecule has 0 spiro atoms. The summed E-state index contributed by atoms with van der Waals surface area (Å²) in [6.07, 6.45) is 0. The maximum absolute atomic E-state index is 6.26. The number of rotatable bonds is 6. The van der Waals surface area contributed by atoms with Crippen molar-refractivity contribution in [2.75, 3.05) is 4.90 Å². The minimum Gasteiger partial charge on any atom is -0.456 e. The van der Waals surface area contributed by atoms with E-state index in [2.05, 4.69) is 207 Å². The van der Waals surface area contributed by atoms with Crippen molar-refractivity contribution in [3.63, 3.8) is 0 Å². The van der Waals surface area contributed by atoms with E-state index >= 15 is 0 Å². The molecule has 270 valence electrons. The molecule has 2 heteroatoms. The number of hydrogen-bond donors (Lipinski definition) is 0. The summed E-state index contributed by atoms with van der Waals surface area (Å²) < 4.78 is 6.26. The van der Waals surface area contributed by atoms with Crippen molar-refractivity contribution in [1.29, 1.82) is 0 Å². The molecule has 0 radical (unpaired) electrons. The van der Waals surface area contributed by atoms with E-state index in [4.69, 9.17) is 4.42 Å². The molecule has 0 N–H and O–H groups in total. The first kappa shape index (κ1) is 33.2. The number of anilines is 3. The number of fused-ring (bicyclic) bond motifs is 7. The van der Waals surface area contributed by atoms with Crippen LogP contribution in [-0.4, -0.2) is 0 Å². The summed E-state index contributed by atoms with van der Waals surface area (Å²) in [5, 5.41) is 4.82. The Labute approximate surface area is 332 Å². The maximum Gasteiger partial charge on any atom is 0.136 e. The summed E-state index contributed by atoms with van der Waals surface area (Å²) >= 11 is 0. The van der Waals surface area contributed by atoms with Gasteiger partial charge in [-0.2, -0.15) is 0 Å². The van der Waals surface area contributed by atoms with Gasteiger partial charge in [-0.25, -0.2) is 0 Å². The molecule has 11 rings (SSSR count). The molecule has 9 aromatic carbocycles. The highest BCUT2D eigenvalue weighted by molar-refractivity contribution is 6.12. The molecule has 0 aliphatic heterocycles. The quantitative estimate of drug-likeness (QED) is 0.169. The highest BCUT2D eigenvalue weighted by Gasteiger charge is 2.37. The van der Waals surface area contributed by atoms with Crippen LogP contribution in [0.15, 0.2) is 205 Å². The first-order valence-corrected chi connectivity index (χ1v) is 19.8. The van der Waals surface area contributed by atoms with E-state index in [0.717, 1.165) is 38.9 Å². The Morgan fingerprint density at radius 2 is 0.895 bits per heavy atom. The number of hydrogen-bond acceptors (Lipinski definition) is 2. The molecular weight excluding hydrogens is 691 g/mol. The average molecular weight is 730 g/mol. The Balaban J connectivity index is 1.01. The van der Waals surface area contributed by atoms with Gasteiger partial charge in [-0.3, -0.25) is 0 Å². The Bertz CT molecular complexity index is 3130. The van der Waals surface area contributed by atoms with Crippen LogP contribution in [0.4, 0.5) is 17.1 Å². The molecule has 0 bridgehead atoms. The van der Waals surface area contributed by atoms with Crippen LogP contribution in [0.25, 0.3) is 77.2 Å². The largest absolute Gasteiger partial charge is 0.456 e. The van der Waals surface area contributed by atoms with E-state index in [0.29, 0.717) is 0 Å². The molecule has 0 amide bonds. The number of para-hydroxylation sites is 1. The van der Waals surface area contributed by atoms with E-state index in [1.165, 1.54) is 66.5 Å². The Kier molecular flexibility index (Phi) is 7.55. The van der Waals surface area contributed by atoms with Crippen molar-refractivity contribution in [3.8, 4) is 44.5 Å². The zero-order chi connectivity index (χ0) is 38.1. The Hall–Kier alpha value is -7.16. The minimum atomic E-state index is -0.106. The standard InChI is InChI=1S/C55H39NO/c1-55(2)48-19-7-5-15-46(48)54-49(55)20-11-21-50(54)56(42-34-30-40(31-35-42)45-18-10-23-52-53(45)47-16-6-8-22-51(47)57-52)41-32-28-37(29-33-41)36-24-26-39(27-25-36)44-17-9-13-38-12-3-4-14-43(38)44/h3-35H,1-2H3. The van der Waals surface area contributed by atoms with Crippen LogP contribution in [-0.2, 0) is 5.41 Å². The second kappa shape index (κ2) is 13.0. The first-order valence-electron chi connectivity index (χ1n) is 19.8. The Morgan fingerprint density at radius 3 is 1.68 bits per heavy atom. The van der Waals surface area contributed by atoms with Crippen molar-refractivity contribution >= 4 is 49.8 Å². The van der Waals surface area contributed by atoms with E-state index in [1.807, 2.05) is 12.1 Å². The number of nitrogens with zero attached hydrogens (tertiary/aromatic N) is 1. The molecule has 0 atom stereocenters. The molecule has 57 heavy (non-hydrogen) atoms. The molecule has 2 nitrogen and oxygen atoms in total. The van der Waals surface area contributed by atoms with Gasteiger partial charge >= 0.3 is 0 Å². The lowest BCUT2D eigenvalue weighted by molar-refractivity contribution is 0.660. The van der Waals surface area contributed by atoms with Gasteiger partial charge in [0, 0.05) is 33.1 Å². The summed E-state index contributed by atoms with van der Waals surface area (Å²) in [6, 6.07) is 72.6. The van der Waals surface area contributed by atoms with E-state index in [9.17, 15) is 0 Å². The lowest BCUT2D eigenvalue weighted by Crippen LogP contribution is -2.16. The van der Waals surface area contributed by atoms with Gasteiger partial charge in [0.1, 0.15) is 11.2 Å². The summed E-state index contributed by atoms with van der Waals surface area (Å²) in [7, 11) is 0. The summed E-state index contributed by atoms with van der Waals surface area (Å²) in [4.78, 5) is 2.43. The predicted octanol–water partition coefficient (Wildman–Crippen LogP) is 15.5. The van der Waals surface area contributed by atoms with E-state index in [-0.39, 0.29) is 5.41 Å². The van der Waals surface area contributed by atoms with E-state index < -0.39 is 0 Å². The molecule has 0 saturated carbocycles. The third kappa shape index (κ3) is 5.33.